The number of carbonyl (C=O) groups is 1. The molecule has 1 rings (SSSR count). The minimum atomic E-state index is -0.129. The Kier molecular flexibility index (Phi) is 6.73. The van der Waals surface area contributed by atoms with Crippen LogP contribution in [0, 0.1) is 5.92 Å². The first-order valence-corrected chi connectivity index (χ1v) is 7.49. The van der Waals surface area contributed by atoms with Crippen LogP contribution in [0.25, 0.3) is 0 Å². The molecule has 0 spiro atoms. The highest BCUT2D eigenvalue weighted by atomic mass is 16.3. The van der Waals surface area contributed by atoms with Gasteiger partial charge in [-0.1, -0.05) is 50.6 Å². The van der Waals surface area contributed by atoms with Gasteiger partial charge in [0.15, 0.2) is 0 Å². The molecule has 20 heavy (non-hydrogen) atoms. The quantitative estimate of drug-likeness (QED) is 0.832. The predicted octanol–water partition coefficient (Wildman–Crippen LogP) is 3.05. The zero-order chi connectivity index (χ0) is 15.1. The Hall–Kier alpha value is -1.35. The zero-order valence-corrected chi connectivity index (χ0v) is 13.0. The Morgan fingerprint density at radius 3 is 2.25 bits per heavy atom. The molecule has 3 heteroatoms. The number of carbonyl (C=O) groups excluding carboxylic acids is 1. The van der Waals surface area contributed by atoms with Gasteiger partial charge >= 0.3 is 0 Å². The maximum Gasteiger partial charge on any atom is 0.230 e. The monoisotopic (exact) mass is 277 g/mol. The summed E-state index contributed by atoms with van der Waals surface area (Å²) in [4.78, 5) is 14.7. The van der Waals surface area contributed by atoms with Crippen LogP contribution in [-0.2, 0) is 4.79 Å². The van der Waals surface area contributed by atoms with Crippen molar-refractivity contribution in [1.82, 2.24) is 4.90 Å². The summed E-state index contributed by atoms with van der Waals surface area (Å²) in [6.45, 7) is 8.62. The van der Waals surface area contributed by atoms with Crippen LogP contribution in [0.1, 0.15) is 45.6 Å². The van der Waals surface area contributed by atoms with E-state index in [2.05, 4.69) is 13.8 Å². The Balaban J connectivity index is 3.07. The van der Waals surface area contributed by atoms with Crippen molar-refractivity contribution in [2.75, 3.05) is 13.2 Å². The van der Waals surface area contributed by atoms with E-state index in [-0.39, 0.29) is 30.4 Å². The summed E-state index contributed by atoms with van der Waals surface area (Å²) >= 11 is 0. The van der Waals surface area contributed by atoms with Gasteiger partial charge in [0, 0.05) is 12.6 Å². The van der Waals surface area contributed by atoms with Crippen LogP contribution in [-0.4, -0.2) is 35.1 Å². The third kappa shape index (κ3) is 4.07. The van der Waals surface area contributed by atoms with Gasteiger partial charge in [-0.3, -0.25) is 4.79 Å². The van der Waals surface area contributed by atoms with E-state index in [0.29, 0.717) is 6.54 Å². The van der Waals surface area contributed by atoms with Crippen molar-refractivity contribution < 1.29 is 9.90 Å². The van der Waals surface area contributed by atoms with Crippen LogP contribution in [0.15, 0.2) is 30.3 Å². The molecule has 0 aromatic heterocycles. The normalized spacial score (nSPS) is 14.1. The number of benzene rings is 1. The Morgan fingerprint density at radius 2 is 1.80 bits per heavy atom. The third-order valence-electron chi connectivity index (χ3n) is 3.89. The lowest BCUT2D eigenvalue weighted by atomic mass is 9.84. The molecule has 0 aliphatic rings. The van der Waals surface area contributed by atoms with E-state index in [1.54, 1.807) is 4.90 Å². The van der Waals surface area contributed by atoms with Crippen molar-refractivity contribution in [3.05, 3.63) is 35.9 Å². The molecule has 0 saturated carbocycles. The second-order valence-electron chi connectivity index (χ2n) is 5.62. The maximum atomic E-state index is 12.9. The van der Waals surface area contributed by atoms with Gasteiger partial charge < -0.3 is 10.0 Å². The molecular weight excluding hydrogens is 250 g/mol. The fourth-order valence-electron chi connectivity index (χ4n) is 2.52. The van der Waals surface area contributed by atoms with E-state index in [9.17, 15) is 9.90 Å². The van der Waals surface area contributed by atoms with Crippen LogP contribution in [0.2, 0.25) is 0 Å². The van der Waals surface area contributed by atoms with Crippen molar-refractivity contribution in [2.24, 2.45) is 5.92 Å². The molecule has 2 unspecified atom stereocenters. The molecule has 1 amide bonds. The van der Waals surface area contributed by atoms with Crippen LogP contribution >= 0.6 is 0 Å². The summed E-state index contributed by atoms with van der Waals surface area (Å²) in [7, 11) is 0. The van der Waals surface area contributed by atoms with E-state index < -0.39 is 0 Å². The topological polar surface area (TPSA) is 40.5 Å². The van der Waals surface area contributed by atoms with Crippen molar-refractivity contribution in [3.63, 3.8) is 0 Å². The van der Waals surface area contributed by atoms with Crippen LogP contribution in [0.3, 0.4) is 0 Å². The summed E-state index contributed by atoms with van der Waals surface area (Å²) in [5.41, 5.74) is 1.07. The number of nitrogens with zero attached hydrogens (tertiary/aromatic N) is 1. The molecule has 0 heterocycles. The summed E-state index contributed by atoms with van der Waals surface area (Å²) in [5, 5.41) is 9.19. The largest absolute Gasteiger partial charge is 0.395 e. The van der Waals surface area contributed by atoms with Crippen LogP contribution < -0.4 is 0 Å². The van der Waals surface area contributed by atoms with E-state index in [4.69, 9.17) is 0 Å². The summed E-state index contributed by atoms with van der Waals surface area (Å²) in [6, 6.07) is 10.1. The molecule has 112 valence electrons. The fourth-order valence-corrected chi connectivity index (χ4v) is 2.52. The average molecular weight is 277 g/mol. The molecule has 0 bridgehead atoms. The number of aliphatic hydroxyl groups excluding tert-OH is 1. The second kappa shape index (κ2) is 8.05. The Morgan fingerprint density at radius 1 is 1.20 bits per heavy atom. The highest BCUT2D eigenvalue weighted by Crippen LogP contribution is 2.29. The first-order chi connectivity index (χ1) is 9.52. The van der Waals surface area contributed by atoms with Gasteiger partial charge in [0.2, 0.25) is 5.91 Å². The molecule has 1 aromatic carbocycles. The molecule has 0 aliphatic carbocycles. The highest BCUT2D eigenvalue weighted by Gasteiger charge is 2.30. The molecule has 0 aliphatic heterocycles. The molecule has 3 nitrogen and oxygen atoms in total. The number of aliphatic hydroxyl groups is 1. The molecule has 0 saturated heterocycles. The van der Waals surface area contributed by atoms with Crippen LogP contribution in [0.4, 0.5) is 0 Å². The fraction of sp³-hybridized carbons (Fsp3) is 0.588. The predicted molar refractivity (Wildman–Crippen MR) is 82.6 cm³/mol. The lowest BCUT2D eigenvalue weighted by molar-refractivity contribution is -0.136. The van der Waals surface area contributed by atoms with Crippen molar-refractivity contribution in [3.8, 4) is 0 Å². The second-order valence-corrected chi connectivity index (χ2v) is 5.62. The SMILES string of the molecule is CCC(C)C(C(=O)N(CCO)C(C)C)c1ccccc1. The van der Waals surface area contributed by atoms with Gasteiger partial charge in [0.25, 0.3) is 0 Å². The van der Waals surface area contributed by atoms with Crippen molar-refractivity contribution in [2.45, 2.75) is 46.1 Å². The average Bonchev–Trinajstić information content (AvgIpc) is 2.45. The molecular formula is C17H27NO2. The minimum absolute atomic E-state index is 0.00589. The number of rotatable bonds is 7. The van der Waals surface area contributed by atoms with Gasteiger partial charge in [-0.05, 0) is 25.3 Å². The van der Waals surface area contributed by atoms with Crippen molar-refractivity contribution >= 4 is 5.91 Å². The number of hydrogen-bond donors (Lipinski definition) is 1. The van der Waals surface area contributed by atoms with Gasteiger partial charge in [0.05, 0.1) is 12.5 Å². The molecule has 0 fully saturated rings. The molecule has 2 atom stereocenters. The Bertz CT molecular complexity index is 403. The standard InChI is InChI=1S/C17H27NO2/c1-5-14(4)16(15-9-7-6-8-10-15)17(20)18(11-12-19)13(2)3/h6-10,13-14,16,19H,5,11-12H2,1-4H3. The van der Waals surface area contributed by atoms with E-state index in [1.807, 2.05) is 44.2 Å². The van der Waals surface area contributed by atoms with E-state index >= 15 is 0 Å². The lowest BCUT2D eigenvalue weighted by Gasteiger charge is -2.32. The smallest absolute Gasteiger partial charge is 0.230 e. The lowest BCUT2D eigenvalue weighted by Crippen LogP contribution is -2.43. The summed E-state index contributed by atoms with van der Waals surface area (Å²) < 4.78 is 0. The maximum absolute atomic E-state index is 12.9. The molecule has 0 radical (unpaired) electrons. The summed E-state index contributed by atoms with van der Waals surface area (Å²) in [6.07, 6.45) is 0.955. The third-order valence-corrected chi connectivity index (χ3v) is 3.89. The minimum Gasteiger partial charge on any atom is -0.395 e. The highest BCUT2D eigenvalue weighted by molar-refractivity contribution is 5.84. The van der Waals surface area contributed by atoms with E-state index in [1.165, 1.54) is 0 Å². The van der Waals surface area contributed by atoms with Gasteiger partial charge in [-0.2, -0.15) is 0 Å². The van der Waals surface area contributed by atoms with Crippen LogP contribution in [0.5, 0.6) is 0 Å². The van der Waals surface area contributed by atoms with Gasteiger partial charge in [0.1, 0.15) is 0 Å². The van der Waals surface area contributed by atoms with Crippen molar-refractivity contribution in [1.29, 1.82) is 0 Å². The van der Waals surface area contributed by atoms with Gasteiger partial charge in [-0.15, -0.1) is 0 Å². The first-order valence-electron chi connectivity index (χ1n) is 7.49. The molecule has 1 aromatic rings. The summed E-state index contributed by atoms with van der Waals surface area (Å²) in [5.74, 6) is 0.273. The number of amides is 1. The molecule has 1 N–H and O–H groups in total. The number of hydrogen-bond acceptors (Lipinski definition) is 2. The van der Waals surface area contributed by atoms with Gasteiger partial charge in [-0.25, -0.2) is 0 Å². The first kappa shape index (κ1) is 16.7. The Labute approximate surface area is 122 Å². The zero-order valence-electron chi connectivity index (χ0n) is 13.0. The van der Waals surface area contributed by atoms with E-state index in [0.717, 1.165) is 12.0 Å².